The molecule has 21 heavy (non-hydrogen) atoms. The number of nitrogens with zero attached hydrogens (tertiary/aromatic N) is 1. The van der Waals surface area contributed by atoms with Crippen molar-refractivity contribution in [2.75, 3.05) is 13.1 Å². The molecule has 1 saturated heterocycles. The highest BCUT2D eigenvalue weighted by Crippen LogP contribution is 2.17. The maximum absolute atomic E-state index is 12.8. The largest absolute Gasteiger partial charge is 0.352 e. The fourth-order valence-electron chi connectivity index (χ4n) is 2.60. The van der Waals surface area contributed by atoms with Crippen molar-refractivity contribution in [2.24, 2.45) is 0 Å². The van der Waals surface area contributed by atoms with E-state index in [0.29, 0.717) is 24.6 Å². The molecule has 0 bridgehead atoms. The number of piperidine rings is 1. The summed E-state index contributed by atoms with van der Waals surface area (Å²) in [4.78, 5) is 25.8. The summed E-state index contributed by atoms with van der Waals surface area (Å²) >= 11 is 0. The van der Waals surface area contributed by atoms with Crippen molar-refractivity contribution < 1.29 is 14.0 Å². The molecule has 114 valence electrons. The van der Waals surface area contributed by atoms with Crippen LogP contribution in [0, 0.1) is 5.82 Å². The Morgan fingerprint density at radius 2 is 2.00 bits per heavy atom. The summed E-state index contributed by atoms with van der Waals surface area (Å²) in [5.74, 6) is -0.572. The standard InChI is InChI=1S/C16H21FN2O2/c1-12-4-2-3-11-19(12)15(20)9-10-18-16(21)13-5-7-14(17)8-6-13/h5-8,12H,2-4,9-11H2,1H3,(H,18,21)/t12-/m0/s1. The predicted molar refractivity (Wildman–Crippen MR) is 78.4 cm³/mol. The van der Waals surface area contributed by atoms with Gasteiger partial charge in [0.05, 0.1) is 0 Å². The minimum Gasteiger partial charge on any atom is -0.352 e. The Labute approximate surface area is 124 Å². The van der Waals surface area contributed by atoms with Crippen LogP contribution in [0.2, 0.25) is 0 Å². The van der Waals surface area contributed by atoms with E-state index in [1.165, 1.54) is 30.7 Å². The van der Waals surface area contributed by atoms with E-state index in [1.54, 1.807) is 0 Å². The zero-order valence-corrected chi connectivity index (χ0v) is 12.3. The first kappa shape index (κ1) is 15.5. The lowest BCUT2D eigenvalue weighted by Gasteiger charge is -2.33. The van der Waals surface area contributed by atoms with E-state index in [2.05, 4.69) is 12.2 Å². The van der Waals surface area contributed by atoms with E-state index >= 15 is 0 Å². The van der Waals surface area contributed by atoms with Crippen LogP contribution < -0.4 is 5.32 Å². The van der Waals surface area contributed by atoms with Crippen molar-refractivity contribution in [3.8, 4) is 0 Å². The molecule has 0 spiro atoms. The van der Waals surface area contributed by atoms with Crippen LogP contribution >= 0.6 is 0 Å². The van der Waals surface area contributed by atoms with Gasteiger partial charge in [-0.05, 0) is 50.5 Å². The van der Waals surface area contributed by atoms with Crippen LogP contribution in [-0.2, 0) is 4.79 Å². The zero-order valence-electron chi connectivity index (χ0n) is 12.3. The molecule has 0 aromatic heterocycles. The first-order valence-electron chi connectivity index (χ1n) is 7.41. The third-order valence-electron chi connectivity index (χ3n) is 3.85. The Bertz CT molecular complexity index is 502. The summed E-state index contributed by atoms with van der Waals surface area (Å²) in [5.41, 5.74) is 0.398. The van der Waals surface area contributed by atoms with Gasteiger partial charge in [-0.25, -0.2) is 4.39 Å². The molecule has 1 aliphatic heterocycles. The number of rotatable bonds is 4. The smallest absolute Gasteiger partial charge is 0.251 e. The minimum absolute atomic E-state index is 0.0848. The molecule has 4 nitrogen and oxygen atoms in total. The van der Waals surface area contributed by atoms with Gasteiger partial charge < -0.3 is 10.2 Å². The molecule has 2 amide bonds. The van der Waals surface area contributed by atoms with E-state index in [0.717, 1.165) is 19.4 Å². The number of likely N-dealkylation sites (tertiary alicyclic amines) is 1. The van der Waals surface area contributed by atoms with E-state index in [9.17, 15) is 14.0 Å². The van der Waals surface area contributed by atoms with Gasteiger partial charge in [0.15, 0.2) is 0 Å². The van der Waals surface area contributed by atoms with Gasteiger partial charge in [0.2, 0.25) is 5.91 Å². The number of carbonyl (C=O) groups is 2. The predicted octanol–water partition coefficient (Wildman–Crippen LogP) is 2.35. The fraction of sp³-hybridized carbons (Fsp3) is 0.500. The molecule has 5 heteroatoms. The van der Waals surface area contributed by atoms with Crippen molar-refractivity contribution in [1.82, 2.24) is 10.2 Å². The lowest BCUT2D eigenvalue weighted by atomic mass is 10.0. The monoisotopic (exact) mass is 292 g/mol. The lowest BCUT2D eigenvalue weighted by molar-refractivity contribution is -0.134. The van der Waals surface area contributed by atoms with Crippen molar-refractivity contribution in [2.45, 2.75) is 38.6 Å². The summed E-state index contributed by atoms with van der Waals surface area (Å²) in [7, 11) is 0. The van der Waals surface area contributed by atoms with Crippen LogP contribution in [0.4, 0.5) is 4.39 Å². The van der Waals surface area contributed by atoms with E-state index in [4.69, 9.17) is 0 Å². The van der Waals surface area contributed by atoms with Crippen LogP contribution in [0.1, 0.15) is 43.0 Å². The Hall–Kier alpha value is -1.91. The number of benzene rings is 1. The molecular formula is C16H21FN2O2. The van der Waals surface area contributed by atoms with Crippen molar-refractivity contribution in [3.63, 3.8) is 0 Å². The van der Waals surface area contributed by atoms with Crippen LogP contribution in [0.3, 0.4) is 0 Å². The Balaban J connectivity index is 1.77. The van der Waals surface area contributed by atoms with Gasteiger partial charge in [-0.3, -0.25) is 9.59 Å². The average molecular weight is 292 g/mol. The summed E-state index contributed by atoms with van der Waals surface area (Å²) in [6.07, 6.45) is 3.58. The highest BCUT2D eigenvalue weighted by Gasteiger charge is 2.22. The lowest BCUT2D eigenvalue weighted by Crippen LogP contribution is -2.43. The molecule has 0 radical (unpaired) electrons. The van der Waals surface area contributed by atoms with Crippen LogP contribution in [-0.4, -0.2) is 35.8 Å². The van der Waals surface area contributed by atoms with Gasteiger partial charge in [0, 0.05) is 31.1 Å². The number of amides is 2. The van der Waals surface area contributed by atoms with Gasteiger partial charge >= 0.3 is 0 Å². The minimum atomic E-state index is -0.374. The highest BCUT2D eigenvalue weighted by atomic mass is 19.1. The Morgan fingerprint density at radius 3 is 2.67 bits per heavy atom. The summed E-state index contributed by atoms with van der Waals surface area (Å²) in [5, 5.41) is 2.69. The molecule has 1 aromatic rings. The number of hydrogen-bond donors (Lipinski definition) is 1. The molecule has 2 rings (SSSR count). The molecule has 1 atom stereocenters. The van der Waals surface area contributed by atoms with Gasteiger partial charge in [0.1, 0.15) is 5.82 Å². The SMILES string of the molecule is C[C@H]1CCCCN1C(=O)CCNC(=O)c1ccc(F)cc1. The second-order valence-corrected chi connectivity index (χ2v) is 5.44. The third-order valence-corrected chi connectivity index (χ3v) is 3.85. The quantitative estimate of drug-likeness (QED) is 0.926. The number of nitrogens with one attached hydrogen (secondary N) is 1. The number of hydrogen-bond acceptors (Lipinski definition) is 2. The first-order valence-corrected chi connectivity index (χ1v) is 7.41. The fourth-order valence-corrected chi connectivity index (χ4v) is 2.60. The normalized spacial score (nSPS) is 18.4. The van der Waals surface area contributed by atoms with Crippen molar-refractivity contribution in [3.05, 3.63) is 35.6 Å². The number of halogens is 1. The Morgan fingerprint density at radius 1 is 1.29 bits per heavy atom. The molecule has 0 aliphatic carbocycles. The molecular weight excluding hydrogens is 271 g/mol. The van der Waals surface area contributed by atoms with Gasteiger partial charge in [-0.2, -0.15) is 0 Å². The van der Waals surface area contributed by atoms with Crippen LogP contribution in [0.5, 0.6) is 0 Å². The summed E-state index contributed by atoms with van der Waals surface area (Å²) in [6, 6.07) is 5.64. The van der Waals surface area contributed by atoms with Crippen LogP contribution in [0.15, 0.2) is 24.3 Å². The van der Waals surface area contributed by atoms with Crippen molar-refractivity contribution >= 4 is 11.8 Å². The van der Waals surface area contributed by atoms with Gasteiger partial charge in [-0.15, -0.1) is 0 Å². The summed E-state index contributed by atoms with van der Waals surface area (Å²) < 4.78 is 12.8. The second kappa shape index (κ2) is 7.20. The highest BCUT2D eigenvalue weighted by molar-refractivity contribution is 5.94. The molecule has 0 unspecified atom stereocenters. The van der Waals surface area contributed by atoms with Gasteiger partial charge in [-0.1, -0.05) is 0 Å². The molecule has 1 heterocycles. The first-order chi connectivity index (χ1) is 10.1. The molecule has 1 aromatic carbocycles. The average Bonchev–Trinajstić information content (AvgIpc) is 2.48. The molecule has 1 fully saturated rings. The maximum Gasteiger partial charge on any atom is 0.251 e. The van der Waals surface area contributed by atoms with E-state index < -0.39 is 0 Å². The van der Waals surface area contributed by atoms with Crippen LogP contribution in [0.25, 0.3) is 0 Å². The molecule has 0 saturated carbocycles. The topological polar surface area (TPSA) is 49.4 Å². The summed E-state index contributed by atoms with van der Waals surface area (Å²) in [6.45, 7) is 3.18. The number of carbonyl (C=O) groups excluding carboxylic acids is 2. The maximum atomic E-state index is 12.8. The molecule has 1 N–H and O–H groups in total. The van der Waals surface area contributed by atoms with Crippen molar-refractivity contribution in [1.29, 1.82) is 0 Å². The van der Waals surface area contributed by atoms with E-state index in [-0.39, 0.29) is 17.6 Å². The van der Waals surface area contributed by atoms with E-state index in [1.807, 2.05) is 4.90 Å². The third kappa shape index (κ3) is 4.28. The Kier molecular flexibility index (Phi) is 5.31. The molecule has 1 aliphatic rings. The van der Waals surface area contributed by atoms with Gasteiger partial charge in [0.25, 0.3) is 5.91 Å². The second-order valence-electron chi connectivity index (χ2n) is 5.44. The zero-order chi connectivity index (χ0) is 15.2.